The molecular formula is C14H8BrClINO3. The number of anilines is 1. The van der Waals surface area contributed by atoms with Gasteiger partial charge in [0.1, 0.15) is 0 Å². The number of hydrogen-bond acceptors (Lipinski definition) is 2. The van der Waals surface area contributed by atoms with Gasteiger partial charge in [-0.2, -0.15) is 0 Å². The number of hydrogen-bond donors (Lipinski definition) is 2. The lowest BCUT2D eigenvalue weighted by molar-refractivity contribution is 0.0698. The fraction of sp³-hybridized carbons (Fsp3) is 0. The molecule has 0 aromatic heterocycles. The van der Waals surface area contributed by atoms with Crippen LogP contribution in [-0.4, -0.2) is 17.0 Å². The van der Waals surface area contributed by atoms with Crippen molar-refractivity contribution in [1.29, 1.82) is 0 Å². The van der Waals surface area contributed by atoms with E-state index >= 15 is 0 Å². The molecule has 0 aliphatic heterocycles. The summed E-state index contributed by atoms with van der Waals surface area (Å²) < 4.78 is 1.35. The second kappa shape index (κ2) is 6.76. The highest BCUT2D eigenvalue weighted by molar-refractivity contribution is 14.1. The molecule has 7 heteroatoms. The van der Waals surface area contributed by atoms with E-state index in [1.54, 1.807) is 18.2 Å². The standard InChI is InChI=1S/C14H8BrClINO3/c15-7-1-4-12(10(5-7)14(20)21)18-13(19)9-6-8(16)2-3-11(9)17/h1-6H,(H,18,19)(H,20,21). The molecule has 0 aliphatic carbocycles. The molecule has 1 amide bonds. The van der Waals surface area contributed by atoms with Crippen LogP contribution in [0.1, 0.15) is 20.7 Å². The Balaban J connectivity index is 2.36. The average Bonchev–Trinajstić information content (AvgIpc) is 2.43. The highest BCUT2D eigenvalue weighted by Crippen LogP contribution is 2.23. The Morgan fingerprint density at radius 3 is 2.52 bits per heavy atom. The first-order valence-corrected chi connectivity index (χ1v) is 7.92. The van der Waals surface area contributed by atoms with Gasteiger partial charge in [0.15, 0.2) is 0 Å². The maximum absolute atomic E-state index is 12.3. The molecule has 0 radical (unpaired) electrons. The molecule has 21 heavy (non-hydrogen) atoms. The van der Waals surface area contributed by atoms with Crippen LogP contribution in [0.3, 0.4) is 0 Å². The van der Waals surface area contributed by atoms with Crippen LogP contribution < -0.4 is 5.32 Å². The van der Waals surface area contributed by atoms with Crippen LogP contribution >= 0.6 is 50.1 Å². The molecule has 0 saturated carbocycles. The Labute approximate surface area is 147 Å². The van der Waals surface area contributed by atoms with Crippen molar-refractivity contribution in [3.05, 3.63) is 60.6 Å². The van der Waals surface area contributed by atoms with E-state index < -0.39 is 11.9 Å². The van der Waals surface area contributed by atoms with Crippen LogP contribution in [0.2, 0.25) is 5.02 Å². The van der Waals surface area contributed by atoms with E-state index in [0.717, 1.165) is 3.57 Å². The fourth-order valence-electron chi connectivity index (χ4n) is 1.66. The van der Waals surface area contributed by atoms with Crippen LogP contribution in [0.25, 0.3) is 0 Å². The number of aromatic carboxylic acids is 1. The first kappa shape index (κ1) is 16.3. The molecule has 4 nitrogen and oxygen atoms in total. The normalized spacial score (nSPS) is 10.2. The molecule has 0 saturated heterocycles. The van der Waals surface area contributed by atoms with Gasteiger partial charge in [0.2, 0.25) is 0 Å². The van der Waals surface area contributed by atoms with Gasteiger partial charge in [0, 0.05) is 13.1 Å². The predicted molar refractivity (Wildman–Crippen MR) is 93.2 cm³/mol. The second-order valence-electron chi connectivity index (χ2n) is 4.07. The van der Waals surface area contributed by atoms with E-state index in [2.05, 4.69) is 21.2 Å². The number of carboxylic acid groups (broad SMARTS) is 1. The van der Waals surface area contributed by atoms with Gasteiger partial charge < -0.3 is 10.4 Å². The molecule has 0 unspecified atom stereocenters. The summed E-state index contributed by atoms with van der Waals surface area (Å²) in [7, 11) is 0. The van der Waals surface area contributed by atoms with Crippen molar-refractivity contribution in [1.82, 2.24) is 0 Å². The Morgan fingerprint density at radius 2 is 1.86 bits per heavy atom. The number of carbonyl (C=O) groups excluding carboxylic acids is 1. The largest absolute Gasteiger partial charge is 0.478 e. The maximum Gasteiger partial charge on any atom is 0.337 e. The third kappa shape index (κ3) is 3.96. The van der Waals surface area contributed by atoms with Gasteiger partial charge in [0.25, 0.3) is 5.91 Å². The Bertz CT molecular complexity index is 736. The van der Waals surface area contributed by atoms with Crippen LogP contribution in [-0.2, 0) is 0 Å². The Kier molecular flexibility index (Phi) is 5.23. The molecule has 2 N–H and O–H groups in total. The van der Waals surface area contributed by atoms with Crippen LogP contribution in [0.4, 0.5) is 5.69 Å². The highest BCUT2D eigenvalue weighted by atomic mass is 127. The van der Waals surface area contributed by atoms with Crippen LogP contribution in [0.5, 0.6) is 0 Å². The number of carbonyl (C=O) groups is 2. The van der Waals surface area contributed by atoms with Gasteiger partial charge in [-0.05, 0) is 59.0 Å². The van der Waals surface area contributed by atoms with Crippen molar-refractivity contribution in [3.8, 4) is 0 Å². The summed E-state index contributed by atoms with van der Waals surface area (Å²) in [6.45, 7) is 0. The van der Waals surface area contributed by atoms with Gasteiger partial charge >= 0.3 is 5.97 Å². The second-order valence-corrected chi connectivity index (χ2v) is 6.59. The summed E-state index contributed by atoms with van der Waals surface area (Å²) in [6.07, 6.45) is 0. The molecule has 0 aliphatic rings. The summed E-state index contributed by atoms with van der Waals surface area (Å²) in [5.41, 5.74) is 0.628. The van der Waals surface area contributed by atoms with Gasteiger partial charge in [-0.25, -0.2) is 4.79 Å². The molecule has 0 atom stereocenters. The number of nitrogens with one attached hydrogen (secondary N) is 1. The molecule has 0 bridgehead atoms. The zero-order valence-electron chi connectivity index (χ0n) is 10.4. The smallest absolute Gasteiger partial charge is 0.337 e. The molecule has 2 rings (SSSR count). The van der Waals surface area contributed by atoms with E-state index in [4.69, 9.17) is 11.6 Å². The molecule has 0 fully saturated rings. The summed E-state index contributed by atoms with van der Waals surface area (Å²) in [5.74, 6) is -1.53. The molecular weight excluding hydrogens is 472 g/mol. The van der Waals surface area contributed by atoms with Crippen molar-refractivity contribution in [2.75, 3.05) is 5.32 Å². The Hall–Kier alpha value is -1.12. The molecule has 0 spiro atoms. The van der Waals surface area contributed by atoms with E-state index in [0.29, 0.717) is 15.1 Å². The first-order valence-electron chi connectivity index (χ1n) is 5.67. The van der Waals surface area contributed by atoms with E-state index in [9.17, 15) is 14.7 Å². The van der Waals surface area contributed by atoms with Gasteiger partial charge in [-0.15, -0.1) is 0 Å². The summed E-state index contributed by atoms with van der Waals surface area (Å²) in [5, 5.41) is 12.2. The van der Waals surface area contributed by atoms with Crippen molar-refractivity contribution >= 4 is 67.7 Å². The van der Waals surface area contributed by atoms with Crippen molar-refractivity contribution in [3.63, 3.8) is 0 Å². The minimum atomic E-state index is -1.12. The van der Waals surface area contributed by atoms with E-state index in [1.807, 2.05) is 22.6 Å². The van der Waals surface area contributed by atoms with Crippen LogP contribution in [0, 0.1) is 3.57 Å². The summed E-state index contributed by atoms with van der Waals surface area (Å²) in [4.78, 5) is 23.5. The van der Waals surface area contributed by atoms with Crippen LogP contribution in [0.15, 0.2) is 40.9 Å². The Morgan fingerprint density at radius 1 is 1.14 bits per heavy atom. The SMILES string of the molecule is O=C(Nc1ccc(Br)cc1C(=O)O)c1cc(Cl)ccc1I. The topological polar surface area (TPSA) is 66.4 Å². The molecule has 0 heterocycles. The average molecular weight is 480 g/mol. The number of rotatable bonds is 3. The van der Waals surface area contributed by atoms with Crippen molar-refractivity contribution in [2.45, 2.75) is 0 Å². The molecule has 108 valence electrons. The number of halogens is 3. The molecule has 2 aromatic carbocycles. The quantitative estimate of drug-likeness (QED) is 0.629. The monoisotopic (exact) mass is 479 g/mol. The number of carboxylic acids is 1. The third-order valence-corrected chi connectivity index (χ3v) is 4.30. The maximum atomic E-state index is 12.3. The minimum Gasteiger partial charge on any atom is -0.478 e. The molecule has 2 aromatic rings. The predicted octanol–water partition coefficient (Wildman–Crippen LogP) is 4.66. The lowest BCUT2D eigenvalue weighted by Gasteiger charge is -2.10. The van der Waals surface area contributed by atoms with Crippen molar-refractivity contribution in [2.24, 2.45) is 0 Å². The van der Waals surface area contributed by atoms with E-state index in [-0.39, 0.29) is 11.3 Å². The number of benzene rings is 2. The van der Waals surface area contributed by atoms with Gasteiger partial charge in [0.05, 0.1) is 16.8 Å². The fourth-order valence-corrected chi connectivity index (χ4v) is 2.78. The van der Waals surface area contributed by atoms with Gasteiger partial charge in [-0.3, -0.25) is 4.79 Å². The third-order valence-electron chi connectivity index (χ3n) is 2.63. The zero-order valence-corrected chi connectivity index (χ0v) is 14.9. The van der Waals surface area contributed by atoms with E-state index in [1.165, 1.54) is 18.2 Å². The highest BCUT2D eigenvalue weighted by Gasteiger charge is 2.16. The summed E-state index contributed by atoms with van der Waals surface area (Å²) >= 11 is 11.1. The van der Waals surface area contributed by atoms with Crippen molar-refractivity contribution < 1.29 is 14.7 Å². The van der Waals surface area contributed by atoms with Gasteiger partial charge in [-0.1, -0.05) is 27.5 Å². The number of amides is 1. The lowest BCUT2D eigenvalue weighted by Crippen LogP contribution is -2.16. The first-order chi connectivity index (χ1) is 9.88. The summed E-state index contributed by atoms with van der Waals surface area (Å²) in [6, 6.07) is 9.56. The lowest BCUT2D eigenvalue weighted by atomic mass is 10.1. The minimum absolute atomic E-state index is 0.00904. The zero-order chi connectivity index (χ0) is 15.6.